The van der Waals surface area contributed by atoms with E-state index in [2.05, 4.69) is 19.6 Å². The number of azo groups is 1. The van der Waals surface area contributed by atoms with Crippen molar-refractivity contribution >= 4 is 33.8 Å². The van der Waals surface area contributed by atoms with E-state index in [1.54, 1.807) is 19.1 Å². The van der Waals surface area contributed by atoms with Gasteiger partial charge in [-0.25, -0.2) is 5.26 Å². The van der Waals surface area contributed by atoms with Crippen molar-refractivity contribution in [2.75, 3.05) is 6.61 Å². The highest BCUT2D eigenvalue weighted by atomic mass is 32.2. The van der Waals surface area contributed by atoms with E-state index in [0.717, 1.165) is 4.57 Å². The Morgan fingerprint density at radius 1 is 1.30 bits per heavy atom. The molecule has 1 aromatic heterocycles. The minimum atomic E-state index is -4.68. The molecule has 1 heterocycles. The highest BCUT2D eigenvalue weighted by Gasteiger charge is 2.20. The number of rotatable bonds is 11. The van der Waals surface area contributed by atoms with Crippen molar-refractivity contribution in [2.45, 2.75) is 38.1 Å². The van der Waals surface area contributed by atoms with Crippen LogP contribution in [0.3, 0.4) is 0 Å². The van der Waals surface area contributed by atoms with Gasteiger partial charge in [-0.2, -0.15) is 13.7 Å². The summed E-state index contributed by atoms with van der Waals surface area (Å²) >= 11 is 0.412. The van der Waals surface area contributed by atoms with Gasteiger partial charge in [-0.3, -0.25) is 18.1 Å². The molecular formula is C18H20N4O9S2. The Balaban J connectivity index is 2.38. The third kappa shape index (κ3) is 6.58. The van der Waals surface area contributed by atoms with Crippen LogP contribution in [0, 0.1) is 18.3 Å². The minimum Gasteiger partial charge on any atom is -0.493 e. The standard InChI is InChI=1S/C18H20N4O9S2/c1-3-22-17(23)13(10-19)11(2)16(18(22)24)21-20-14-7-6-12(9-15(14)33(26,27)28)5-4-8-29-32-31-30-25/h6-7,9,23,25H,3-5,8H2,1-2H3,(H,26,27,28). The first-order valence-electron chi connectivity index (χ1n) is 9.30. The molecule has 0 atom stereocenters. The van der Waals surface area contributed by atoms with E-state index in [4.69, 9.17) is 9.44 Å². The van der Waals surface area contributed by atoms with E-state index in [1.807, 2.05) is 0 Å². The summed E-state index contributed by atoms with van der Waals surface area (Å²) in [4.78, 5) is 12.1. The normalized spacial score (nSPS) is 11.7. The van der Waals surface area contributed by atoms with Crippen molar-refractivity contribution in [1.29, 1.82) is 5.26 Å². The fourth-order valence-electron chi connectivity index (χ4n) is 2.86. The number of benzene rings is 1. The number of aromatic hydroxyl groups is 1. The summed E-state index contributed by atoms with van der Waals surface area (Å²) in [7, 11) is -4.68. The third-order valence-electron chi connectivity index (χ3n) is 4.44. The monoisotopic (exact) mass is 500 g/mol. The molecule has 2 aromatic rings. The van der Waals surface area contributed by atoms with Crippen LogP contribution in [0.2, 0.25) is 0 Å². The molecule has 0 unspecified atom stereocenters. The van der Waals surface area contributed by atoms with Gasteiger partial charge < -0.3 is 5.11 Å². The number of hydrogen-bond donors (Lipinski definition) is 3. The van der Waals surface area contributed by atoms with Crippen LogP contribution in [0.5, 0.6) is 5.88 Å². The van der Waals surface area contributed by atoms with Crippen molar-refractivity contribution < 1.29 is 36.9 Å². The van der Waals surface area contributed by atoms with E-state index >= 15 is 0 Å². The number of hydrogen-bond acceptors (Lipinski definition) is 12. The lowest BCUT2D eigenvalue weighted by Crippen LogP contribution is -2.20. The van der Waals surface area contributed by atoms with Gasteiger partial charge in [-0.1, -0.05) is 11.1 Å². The molecule has 178 valence electrons. The second kappa shape index (κ2) is 11.9. The fraction of sp³-hybridized carbons (Fsp3) is 0.333. The van der Waals surface area contributed by atoms with Crippen molar-refractivity contribution in [2.24, 2.45) is 10.2 Å². The number of aromatic nitrogens is 1. The Morgan fingerprint density at radius 3 is 2.64 bits per heavy atom. The maximum absolute atomic E-state index is 12.6. The molecule has 2 rings (SSSR count). The number of aryl methyl sites for hydroxylation is 1. The van der Waals surface area contributed by atoms with Gasteiger partial charge in [-0.15, -0.1) is 14.6 Å². The Bertz CT molecular complexity index is 1240. The van der Waals surface area contributed by atoms with E-state index in [9.17, 15) is 28.1 Å². The Morgan fingerprint density at radius 2 is 2.03 bits per heavy atom. The van der Waals surface area contributed by atoms with Crippen molar-refractivity contribution in [3.8, 4) is 11.9 Å². The molecule has 0 saturated carbocycles. The number of nitriles is 1. The smallest absolute Gasteiger partial charge is 0.296 e. The minimum absolute atomic E-state index is 0.0640. The maximum atomic E-state index is 12.6. The number of nitrogens with zero attached hydrogens (tertiary/aromatic N) is 4. The van der Waals surface area contributed by atoms with Gasteiger partial charge in [0.1, 0.15) is 22.2 Å². The summed E-state index contributed by atoms with van der Waals surface area (Å²) in [5, 5.41) is 38.4. The molecule has 15 heteroatoms. The zero-order valence-electron chi connectivity index (χ0n) is 17.5. The van der Waals surface area contributed by atoms with E-state index < -0.39 is 26.5 Å². The highest BCUT2D eigenvalue weighted by molar-refractivity contribution is 7.89. The van der Waals surface area contributed by atoms with Gasteiger partial charge in [0.15, 0.2) is 18.0 Å². The third-order valence-corrected chi connectivity index (χ3v) is 5.71. The number of pyridine rings is 1. The van der Waals surface area contributed by atoms with Crippen LogP contribution >= 0.6 is 12.3 Å². The summed E-state index contributed by atoms with van der Waals surface area (Å²) in [6, 6.07) is 5.86. The lowest BCUT2D eigenvalue weighted by molar-refractivity contribution is -0.434. The van der Waals surface area contributed by atoms with Gasteiger partial charge in [-0.05, 0) is 44.4 Å². The predicted octanol–water partition coefficient (Wildman–Crippen LogP) is 3.35. The van der Waals surface area contributed by atoms with Crippen molar-refractivity contribution in [1.82, 2.24) is 4.57 Å². The largest absolute Gasteiger partial charge is 0.493 e. The second-order valence-electron chi connectivity index (χ2n) is 6.45. The molecule has 0 fully saturated rings. The Kier molecular flexibility index (Phi) is 9.49. The molecule has 0 aliphatic rings. The molecule has 0 spiro atoms. The van der Waals surface area contributed by atoms with Crippen molar-refractivity contribution in [3.63, 3.8) is 0 Å². The lowest BCUT2D eigenvalue weighted by Gasteiger charge is -2.11. The molecule has 0 aliphatic heterocycles. The second-order valence-corrected chi connectivity index (χ2v) is 8.34. The molecule has 0 amide bonds. The maximum Gasteiger partial charge on any atom is 0.296 e. The zero-order valence-corrected chi connectivity index (χ0v) is 19.1. The highest BCUT2D eigenvalue weighted by Crippen LogP contribution is 2.30. The molecule has 13 nitrogen and oxygen atoms in total. The van der Waals surface area contributed by atoms with Crippen LogP contribution < -0.4 is 5.56 Å². The van der Waals surface area contributed by atoms with Crippen LogP contribution in [0.25, 0.3) is 0 Å². The van der Waals surface area contributed by atoms with Crippen LogP contribution in [0.4, 0.5) is 11.4 Å². The quantitative estimate of drug-likeness (QED) is 0.102. The van der Waals surface area contributed by atoms with Gasteiger partial charge in [0.25, 0.3) is 15.7 Å². The van der Waals surface area contributed by atoms with Crippen LogP contribution in [-0.4, -0.2) is 34.5 Å². The Labute approximate surface area is 192 Å². The Hall–Kier alpha value is -2.84. The topological polar surface area (TPSA) is 193 Å². The fourth-order valence-corrected chi connectivity index (χ4v) is 3.78. The van der Waals surface area contributed by atoms with Crippen LogP contribution in [0.1, 0.15) is 30.0 Å². The van der Waals surface area contributed by atoms with Gasteiger partial charge in [0.2, 0.25) is 5.88 Å². The zero-order chi connectivity index (χ0) is 24.6. The SMILES string of the molecule is CCn1c(O)c(C#N)c(C)c(N=Nc2ccc(CCCOSOOO)cc2S(=O)(=O)O)c1=O. The van der Waals surface area contributed by atoms with E-state index in [-0.39, 0.29) is 35.7 Å². The van der Waals surface area contributed by atoms with Crippen LogP contribution in [0.15, 0.2) is 38.1 Å². The first-order valence-corrected chi connectivity index (χ1v) is 11.4. The van der Waals surface area contributed by atoms with Gasteiger partial charge in [0, 0.05) is 12.1 Å². The summed E-state index contributed by atoms with van der Waals surface area (Å²) in [5.74, 6) is -0.498. The molecule has 0 aliphatic carbocycles. The average Bonchev–Trinajstić information content (AvgIpc) is 2.76. The molecule has 0 radical (unpaired) electrons. The van der Waals surface area contributed by atoms with E-state index in [1.165, 1.54) is 19.1 Å². The average molecular weight is 501 g/mol. The molecule has 0 bridgehead atoms. The summed E-state index contributed by atoms with van der Waals surface area (Å²) in [5.41, 5.74) is -0.738. The van der Waals surface area contributed by atoms with Crippen molar-refractivity contribution in [3.05, 3.63) is 45.2 Å². The lowest BCUT2D eigenvalue weighted by atomic mass is 10.1. The predicted molar refractivity (Wildman–Crippen MR) is 115 cm³/mol. The summed E-state index contributed by atoms with van der Waals surface area (Å²) in [6.07, 6.45) is 0.804. The molecule has 33 heavy (non-hydrogen) atoms. The summed E-state index contributed by atoms with van der Waals surface area (Å²) < 4.78 is 43.3. The van der Waals surface area contributed by atoms with Gasteiger partial charge >= 0.3 is 0 Å². The van der Waals surface area contributed by atoms with Crippen LogP contribution in [-0.2, 0) is 36.6 Å². The molecule has 0 saturated heterocycles. The first kappa shape index (κ1) is 26.4. The van der Waals surface area contributed by atoms with Gasteiger partial charge in [0.05, 0.1) is 6.61 Å². The molecule has 3 N–H and O–H groups in total. The summed E-state index contributed by atoms with van der Waals surface area (Å²) in [6.45, 7) is 3.24. The van der Waals surface area contributed by atoms with E-state index in [0.29, 0.717) is 30.7 Å². The molecular weight excluding hydrogens is 480 g/mol. The molecule has 1 aromatic carbocycles. The first-order chi connectivity index (χ1) is 15.6.